The summed E-state index contributed by atoms with van der Waals surface area (Å²) in [7, 11) is 0. The third-order valence-corrected chi connectivity index (χ3v) is 2.18. The van der Waals surface area contributed by atoms with Gasteiger partial charge in [0.1, 0.15) is 0 Å². The van der Waals surface area contributed by atoms with Gasteiger partial charge in [0, 0.05) is 0 Å². The van der Waals surface area contributed by atoms with Crippen molar-refractivity contribution in [3.8, 4) is 0 Å². The van der Waals surface area contributed by atoms with Crippen molar-refractivity contribution < 1.29 is 5.21 Å². The van der Waals surface area contributed by atoms with Crippen LogP contribution < -0.4 is 0 Å². The second-order valence-corrected chi connectivity index (χ2v) is 2.83. The van der Waals surface area contributed by atoms with Crippen molar-refractivity contribution in [2.75, 3.05) is 0 Å². The van der Waals surface area contributed by atoms with Gasteiger partial charge >= 0.3 is 0 Å². The summed E-state index contributed by atoms with van der Waals surface area (Å²) in [6.07, 6.45) is 0.775. The van der Waals surface area contributed by atoms with Crippen LogP contribution >= 0.6 is 11.3 Å². The fourth-order valence-electron chi connectivity index (χ4n) is 0.737. The van der Waals surface area contributed by atoms with Crippen LogP contribution in [0.25, 0.3) is 0 Å². The van der Waals surface area contributed by atoms with E-state index in [9.17, 15) is 0 Å². The highest BCUT2D eigenvalue weighted by molar-refractivity contribution is 7.12. The fraction of sp³-hybridized carbons (Fsp3) is 0.286. The largest absolute Gasteiger partial charge is 0.411 e. The summed E-state index contributed by atoms with van der Waals surface area (Å²) in [6.45, 7) is 1.97. The van der Waals surface area contributed by atoms with Crippen molar-refractivity contribution in [1.82, 2.24) is 0 Å². The van der Waals surface area contributed by atoms with Crippen LogP contribution in [0.15, 0.2) is 22.7 Å². The Hall–Kier alpha value is -0.830. The minimum Gasteiger partial charge on any atom is -0.411 e. The van der Waals surface area contributed by atoms with Crippen LogP contribution in [0.3, 0.4) is 0 Å². The van der Waals surface area contributed by atoms with Gasteiger partial charge in [0.05, 0.1) is 10.6 Å². The predicted octanol–water partition coefficient (Wildman–Crippen LogP) is 2.34. The van der Waals surface area contributed by atoms with Gasteiger partial charge in [-0.1, -0.05) is 18.1 Å². The Bertz CT molecular complexity index is 216. The molecule has 0 aliphatic rings. The number of hydrogen-bond acceptors (Lipinski definition) is 3. The average molecular weight is 155 g/mol. The normalized spacial score (nSPS) is 11.9. The Kier molecular flexibility index (Phi) is 2.45. The van der Waals surface area contributed by atoms with E-state index in [0.717, 1.165) is 17.0 Å². The van der Waals surface area contributed by atoms with Crippen molar-refractivity contribution in [3.05, 3.63) is 22.4 Å². The molecule has 0 saturated carbocycles. The molecule has 0 radical (unpaired) electrons. The molecule has 0 aliphatic carbocycles. The highest BCUT2D eigenvalue weighted by Gasteiger charge is 2.00. The molecule has 0 unspecified atom stereocenters. The van der Waals surface area contributed by atoms with E-state index >= 15 is 0 Å². The third kappa shape index (κ3) is 1.36. The standard InChI is InChI=1S/C7H9NOS/c1-2-6(8-9)7-4-3-5-10-7/h3-5,9H,2H2,1H3/b8-6+. The highest BCUT2D eigenvalue weighted by Crippen LogP contribution is 2.11. The maximum absolute atomic E-state index is 8.49. The number of thiophene rings is 1. The SMILES string of the molecule is CC/C(=N\O)c1cccs1. The van der Waals surface area contributed by atoms with Crippen LogP contribution in [0.2, 0.25) is 0 Å². The lowest BCUT2D eigenvalue weighted by Gasteiger charge is -1.93. The third-order valence-electron chi connectivity index (χ3n) is 1.26. The van der Waals surface area contributed by atoms with Crippen LogP contribution in [-0.2, 0) is 0 Å². The lowest BCUT2D eigenvalue weighted by atomic mass is 10.2. The molecule has 0 aliphatic heterocycles. The van der Waals surface area contributed by atoms with Crippen LogP contribution in [0.5, 0.6) is 0 Å². The molecular formula is C7H9NOS. The Morgan fingerprint density at radius 3 is 3.00 bits per heavy atom. The van der Waals surface area contributed by atoms with Crippen LogP contribution in [-0.4, -0.2) is 10.9 Å². The number of hydrogen-bond donors (Lipinski definition) is 1. The second-order valence-electron chi connectivity index (χ2n) is 1.88. The fourth-order valence-corrected chi connectivity index (χ4v) is 1.52. The molecular weight excluding hydrogens is 146 g/mol. The molecule has 1 rings (SSSR count). The molecule has 0 spiro atoms. The van der Waals surface area contributed by atoms with Gasteiger partial charge < -0.3 is 5.21 Å². The quantitative estimate of drug-likeness (QED) is 0.397. The van der Waals surface area contributed by atoms with E-state index in [0.29, 0.717) is 0 Å². The molecule has 1 aromatic rings. The Morgan fingerprint density at radius 1 is 1.80 bits per heavy atom. The molecule has 0 amide bonds. The van der Waals surface area contributed by atoms with Gasteiger partial charge in [-0.15, -0.1) is 11.3 Å². The Morgan fingerprint density at radius 2 is 2.60 bits per heavy atom. The molecule has 0 atom stereocenters. The first kappa shape index (κ1) is 7.28. The van der Waals surface area contributed by atoms with E-state index < -0.39 is 0 Å². The maximum Gasteiger partial charge on any atom is 0.0964 e. The summed E-state index contributed by atoms with van der Waals surface area (Å²) in [6, 6.07) is 3.89. The zero-order valence-corrected chi connectivity index (χ0v) is 6.56. The minimum atomic E-state index is 0.759. The lowest BCUT2D eigenvalue weighted by Crippen LogP contribution is -1.93. The van der Waals surface area contributed by atoms with Gasteiger partial charge in [0.25, 0.3) is 0 Å². The number of nitrogens with zero attached hydrogens (tertiary/aromatic N) is 1. The molecule has 0 fully saturated rings. The average Bonchev–Trinajstić information content (AvgIpc) is 2.43. The van der Waals surface area contributed by atoms with Gasteiger partial charge in [-0.25, -0.2) is 0 Å². The van der Waals surface area contributed by atoms with Crippen LogP contribution in [0, 0.1) is 0 Å². The van der Waals surface area contributed by atoms with E-state index in [1.54, 1.807) is 11.3 Å². The summed E-state index contributed by atoms with van der Waals surface area (Å²) in [4.78, 5) is 1.05. The molecule has 0 bridgehead atoms. The van der Waals surface area contributed by atoms with E-state index in [-0.39, 0.29) is 0 Å². The molecule has 0 aromatic carbocycles. The van der Waals surface area contributed by atoms with Crippen molar-refractivity contribution >= 4 is 17.0 Å². The van der Waals surface area contributed by atoms with E-state index in [2.05, 4.69) is 5.16 Å². The van der Waals surface area contributed by atoms with Crippen molar-refractivity contribution in [1.29, 1.82) is 0 Å². The van der Waals surface area contributed by atoms with Crippen molar-refractivity contribution in [2.24, 2.45) is 5.16 Å². The molecule has 2 nitrogen and oxygen atoms in total. The summed E-state index contributed by atoms with van der Waals surface area (Å²) < 4.78 is 0. The second kappa shape index (κ2) is 3.37. The first-order valence-electron chi connectivity index (χ1n) is 3.13. The zero-order valence-electron chi connectivity index (χ0n) is 5.74. The van der Waals surface area contributed by atoms with Gasteiger partial charge in [0.2, 0.25) is 0 Å². The molecule has 10 heavy (non-hydrogen) atoms. The molecule has 1 aromatic heterocycles. The van der Waals surface area contributed by atoms with E-state index in [4.69, 9.17) is 5.21 Å². The molecule has 0 saturated heterocycles. The van der Waals surface area contributed by atoms with Crippen molar-refractivity contribution in [2.45, 2.75) is 13.3 Å². The van der Waals surface area contributed by atoms with Gasteiger partial charge in [-0.05, 0) is 17.9 Å². The van der Waals surface area contributed by atoms with Crippen LogP contribution in [0.4, 0.5) is 0 Å². The summed E-state index contributed by atoms with van der Waals surface area (Å²) in [5, 5.41) is 13.6. The predicted molar refractivity (Wildman–Crippen MR) is 42.9 cm³/mol. The topological polar surface area (TPSA) is 32.6 Å². The molecule has 1 N–H and O–H groups in total. The monoisotopic (exact) mass is 155 g/mol. The Balaban J connectivity index is 2.85. The lowest BCUT2D eigenvalue weighted by molar-refractivity contribution is 0.318. The van der Waals surface area contributed by atoms with E-state index in [1.807, 2.05) is 24.4 Å². The van der Waals surface area contributed by atoms with Gasteiger partial charge in [0.15, 0.2) is 0 Å². The van der Waals surface area contributed by atoms with E-state index in [1.165, 1.54) is 0 Å². The van der Waals surface area contributed by atoms with Crippen molar-refractivity contribution in [3.63, 3.8) is 0 Å². The Labute approximate surface area is 63.8 Å². The van der Waals surface area contributed by atoms with Gasteiger partial charge in [-0.2, -0.15) is 0 Å². The number of rotatable bonds is 2. The first-order chi connectivity index (χ1) is 4.88. The molecule has 1 heterocycles. The smallest absolute Gasteiger partial charge is 0.0964 e. The van der Waals surface area contributed by atoms with Crippen LogP contribution in [0.1, 0.15) is 18.2 Å². The summed E-state index contributed by atoms with van der Waals surface area (Å²) >= 11 is 1.59. The first-order valence-corrected chi connectivity index (χ1v) is 4.01. The van der Waals surface area contributed by atoms with Gasteiger partial charge in [-0.3, -0.25) is 0 Å². The molecule has 3 heteroatoms. The summed E-state index contributed by atoms with van der Waals surface area (Å²) in [5.41, 5.74) is 0.759. The maximum atomic E-state index is 8.49. The molecule has 54 valence electrons. The number of oxime groups is 1. The zero-order chi connectivity index (χ0) is 7.40. The summed E-state index contributed by atoms with van der Waals surface area (Å²) in [5.74, 6) is 0. The highest BCUT2D eigenvalue weighted by atomic mass is 32.1. The minimum absolute atomic E-state index is 0.759.